The molecule has 3 rings (SSSR count). The van der Waals surface area contributed by atoms with Gasteiger partial charge in [-0.2, -0.15) is 21.6 Å². The van der Waals surface area contributed by atoms with Crippen LogP contribution >= 0.6 is 0 Å². The quantitative estimate of drug-likeness (QED) is 0.163. The number of carbonyl (C=O) groups is 2. The molecular formula is C40H71F3N2O15S. The molecule has 18 atom stereocenters. The Bertz CT molecular complexity index is 1590. The maximum atomic E-state index is 14.3. The van der Waals surface area contributed by atoms with Crippen molar-refractivity contribution in [2.75, 3.05) is 28.3 Å². The van der Waals surface area contributed by atoms with Crippen LogP contribution in [-0.4, -0.2) is 176 Å². The molecule has 0 unspecified atom stereocenters. The number of rotatable bonds is 10. The van der Waals surface area contributed by atoms with Crippen molar-refractivity contribution in [2.24, 2.45) is 11.8 Å². The number of halogens is 3. The molecule has 0 radical (unpaired) electrons. The zero-order valence-electron chi connectivity index (χ0n) is 38.2. The van der Waals surface area contributed by atoms with Crippen LogP contribution in [0.2, 0.25) is 0 Å². The van der Waals surface area contributed by atoms with E-state index in [1.807, 2.05) is 32.8 Å². The van der Waals surface area contributed by atoms with Crippen molar-refractivity contribution in [1.29, 1.82) is 0 Å². The number of esters is 2. The molecule has 358 valence electrons. The predicted molar refractivity (Wildman–Crippen MR) is 213 cm³/mol. The van der Waals surface area contributed by atoms with Gasteiger partial charge in [0.05, 0.1) is 47.6 Å². The molecule has 0 bridgehead atoms. The summed E-state index contributed by atoms with van der Waals surface area (Å²) in [6.45, 7) is 16.9. The van der Waals surface area contributed by atoms with Crippen LogP contribution in [0.4, 0.5) is 13.2 Å². The summed E-state index contributed by atoms with van der Waals surface area (Å²) < 4.78 is 113. The van der Waals surface area contributed by atoms with Gasteiger partial charge >= 0.3 is 27.6 Å². The number of aliphatic hydroxyl groups excluding tert-OH is 1. The van der Waals surface area contributed by atoms with Crippen molar-refractivity contribution >= 4 is 22.1 Å². The van der Waals surface area contributed by atoms with E-state index in [1.165, 1.54) is 41.5 Å². The van der Waals surface area contributed by atoms with Gasteiger partial charge in [0.1, 0.15) is 23.9 Å². The summed E-state index contributed by atoms with van der Waals surface area (Å²) in [6.07, 6.45) is -12.4. The normalized spacial score (nSPS) is 44.3. The molecule has 21 heteroatoms. The first kappa shape index (κ1) is 53.6. The largest absolute Gasteiger partial charge is 0.523 e. The Kier molecular flexibility index (Phi) is 17.7. The molecule has 3 aliphatic heterocycles. The molecule has 3 fully saturated rings. The summed E-state index contributed by atoms with van der Waals surface area (Å²) >= 11 is 0. The van der Waals surface area contributed by atoms with Crippen molar-refractivity contribution in [3.8, 4) is 0 Å². The zero-order valence-corrected chi connectivity index (χ0v) is 39.0. The second-order valence-electron chi connectivity index (χ2n) is 18.2. The fourth-order valence-electron chi connectivity index (χ4n) is 9.10. The number of aliphatic hydroxyl groups is 3. The number of hydrogen-bond acceptors (Lipinski definition) is 17. The number of nitrogens with zero attached hydrogens (tertiary/aromatic N) is 2. The molecule has 0 aliphatic carbocycles. The molecular weight excluding hydrogens is 837 g/mol. The summed E-state index contributed by atoms with van der Waals surface area (Å²) in [7, 11) is 0.406. The van der Waals surface area contributed by atoms with Gasteiger partial charge in [-0.1, -0.05) is 13.8 Å². The van der Waals surface area contributed by atoms with Crippen molar-refractivity contribution < 1.29 is 83.8 Å². The van der Waals surface area contributed by atoms with Gasteiger partial charge in [0.15, 0.2) is 18.7 Å². The van der Waals surface area contributed by atoms with E-state index in [1.54, 1.807) is 32.7 Å². The molecule has 61 heavy (non-hydrogen) atoms. The smallest absolute Gasteiger partial charge is 0.459 e. The fourth-order valence-corrected chi connectivity index (χ4v) is 9.84. The Morgan fingerprint density at radius 2 is 1.57 bits per heavy atom. The lowest BCUT2D eigenvalue weighted by Gasteiger charge is -2.50. The minimum Gasteiger partial charge on any atom is -0.459 e. The second kappa shape index (κ2) is 20.2. The first-order valence-corrected chi connectivity index (χ1v) is 22.2. The third kappa shape index (κ3) is 12.1. The van der Waals surface area contributed by atoms with E-state index < -0.39 is 136 Å². The van der Waals surface area contributed by atoms with Gasteiger partial charge in [-0.05, 0) is 95.8 Å². The SMILES string of the molecule is CC[C@H]1OC(=O)[C@H](C)[C@@H](O[C@H]2C[C@@](C)(OC)[C@@H](OS(=O)(=O)C(F)(F)F)[C@H](C)O2)[C@H](C)[C@@H](O[C@@H]2O[C@H](C)C[C@H](N(C)C)[C@H]2OC(C)=O)[C@](C)(O)C[C@@H](C)N(C)[C@H](C)[C@@H](O)[C@]1(C)O. The summed E-state index contributed by atoms with van der Waals surface area (Å²) in [6, 6.07) is -1.61. The molecule has 0 aromatic carbocycles. The van der Waals surface area contributed by atoms with Crippen LogP contribution in [0.25, 0.3) is 0 Å². The van der Waals surface area contributed by atoms with Crippen molar-refractivity contribution in [1.82, 2.24) is 9.80 Å². The zero-order chi connectivity index (χ0) is 47.0. The third-order valence-electron chi connectivity index (χ3n) is 12.9. The van der Waals surface area contributed by atoms with Gasteiger partial charge in [0.2, 0.25) is 0 Å². The lowest BCUT2D eigenvalue weighted by molar-refractivity contribution is -0.317. The van der Waals surface area contributed by atoms with Crippen LogP contribution in [0.1, 0.15) is 102 Å². The lowest BCUT2D eigenvalue weighted by Crippen LogP contribution is -2.63. The van der Waals surface area contributed by atoms with Crippen LogP contribution in [0.15, 0.2) is 0 Å². The van der Waals surface area contributed by atoms with Crippen LogP contribution < -0.4 is 0 Å². The Hall–Kier alpha value is -1.76. The molecule has 3 saturated heterocycles. The van der Waals surface area contributed by atoms with Crippen LogP contribution in [0, 0.1) is 11.8 Å². The number of cyclic esters (lactones) is 1. The first-order chi connectivity index (χ1) is 27.8. The third-order valence-corrected chi connectivity index (χ3v) is 14.0. The van der Waals surface area contributed by atoms with E-state index in [0.717, 1.165) is 7.11 Å². The highest BCUT2D eigenvalue weighted by molar-refractivity contribution is 7.87. The van der Waals surface area contributed by atoms with Crippen LogP contribution in [0.5, 0.6) is 0 Å². The van der Waals surface area contributed by atoms with E-state index in [0.29, 0.717) is 6.42 Å². The number of likely N-dealkylation sites (N-methyl/N-ethyl adjacent to an activating group) is 2. The number of alkyl halides is 3. The Morgan fingerprint density at radius 1 is 0.984 bits per heavy atom. The average molecular weight is 909 g/mol. The average Bonchev–Trinajstić information content (AvgIpc) is 3.14. The highest BCUT2D eigenvalue weighted by atomic mass is 32.2. The standard InChI is InChI=1S/C40H71F3N2O15S/c1-16-28-39(11,50)32(47)24(6)45(14)20(2)18-37(9,49)33(59-36-31(56-26(8)46)27(44(12)13)17-21(3)54-36)22(4)30(23(5)35(48)57-28)58-29-19-38(10,53-15)34(25(7)55-29)60-61(51,52)40(41,42)43/h20-25,27-34,36,47,49-50H,16-19H2,1-15H3/t20-,21-,22+,23-,24-,25+,27+,28-,29+,30+,31-,32-,33-,34+,36+,37-,38-,39-/m1/s1. The van der Waals surface area contributed by atoms with E-state index in [4.69, 9.17) is 33.2 Å². The highest BCUT2D eigenvalue weighted by Crippen LogP contribution is 2.42. The number of methoxy groups -OCH3 is 1. The van der Waals surface area contributed by atoms with E-state index in [2.05, 4.69) is 4.18 Å². The number of carbonyl (C=O) groups excluding carboxylic acids is 2. The molecule has 0 spiro atoms. The lowest BCUT2D eigenvalue weighted by atomic mass is 9.78. The highest BCUT2D eigenvalue weighted by Gasteiger charge is 2.57. The van der Waals surface area contributed by atoms with Gasteiger partial charge in [-0.3, -0.25) is 18.7 Å². The van der Waals surface area contributed by atoms with Gasteiger partial charge < -0.3 is 53.4 Å². The van der Waals surface area contributed by atoms with Crippen LogP contribution in [-0.2, 0) is 57.0 Å². The fraction of sp³-hybridized carbons (Fsp3) is 0.950. The maximum Gasteiger partial charge on any atom is 0.523 e. The van der Waals surface area contributed by atoms with Crippen molar-refractivity contribution in [2.45, 2.75) is 204 Å². The second-order valence-corrected chi connectivity index (χ2v) is 19.8. The summed E-state index contributed by atoms with van der Waals surface area (Å²) in [5.74, 6) is -3.78. The molecule has 17 nitrogen and oxygen atoms in total. The minimum absolute atomic E-state index is 0.0243. The Labute approximate surface area is 358 Å². The minimum atomic E-state index is -6.10. The van der Waals surface area contributed by atoms with Gasteiger partial charge in [-0.15, -0.1) is 0 Å². The summed E-state index contributed by atoms with van der Waals surface area (Å²) in [5, 5.41) is 36.1. The molecule has 0 amide bonds. The molecule has 0 aromatic rings. The Morgan fingerprint density at radius 3 is 2.08 bits per heavy atom. The number of hydrogen-bond donors (Lipinski definition) is 3. The van der Waals surface area contributed by atoms with E-state index >= 15 is 0 Å². The predicted octanol–water partition coefficient (Wildman–Crippen LogP) is 3.10. The summed E-state index contributed by atoms with van der Waals surface area (Å²) in [5.41, 5.74) is -11.3. The van der Waals surface area contributed by atoms with Crippen molar-refractivity contribution in [3.05, 3.63) is 0 Å². The monoisotopic (exact) mass is 908 g/mol. The van der Waals surface area contributed by atoms with Crippen molar-refractivity contribution in [3.63, 3.8) is 0 Å². The molecule has 0 aromatic heterocycles. The summed E-state index contributed by atoms with van der Waals surface area (Å²) in [4.78, 5) is 30.5. The number of ether oxygens (including phenoxy) is 7. The van der Waals surface area contributed by atoms with Gasteiger partial charge in [0, 0.05) is 38.5 Å². The van der Waals surface area contributed by atoms with E-state index in [-0.39, 0.29) is 18.9 Å². The Balaban J connectivity index is 2.24. The first-order valence-electron chi connectivity index (χ1n) is 20.8. The molecule has 3 aliphatic rings. The van der Waals surface area contributed by atoms with E-state index in [9.17, 15) is 46.5 Å². The maximum absolute atomic E-state index is 14.3. The van der Waals surface area contributed by atoms with Gasteiger partial charge in [0.25, 0.3) is 0 Å². The van der Waals surface area contributed by atoms with Gasteiger partial charge in [-0.25, -0.2) is 0 Å². The molecule has 3 N–H and O–H groups in total. The molecule has 0 saturated carbocycles. The van der Waals surface area contributed by atoms with Crippen LogP contribution in [0.3, 0.4) is 0 Å². The molecule has 3 heterocycles. The topological polar surface area (TPSA) is 209 Å².